The van der Waals surface area contributed by atoms with Crippen LogP contribution in [0, 0.1) is 0 Å². The van der Waals surface area contributed by atoms with Gasteiger partial charge in [-0.05, 0) is 61.6 Å². The average molecular weight is 449 g/mol. The zero-order valence-corrected chi connectivity index (χ0v) is 17.8. The largest absolute Gasteiger partial charge is 0.485 e. The molecule has 1 aliphatic carbocycles. The zero-order valence-electron chi connectivity index (χ0n) is 17.8. The summed E-state index contributed by atoms with van der Waals surface area (Å²) in [5.74, 6) is -0.855. The molecule has 1 unspecified atom stereocenters. The lowest BCUT2D eigenvalue weighted by atomic mass is 9.95. The molecule has 3 aromatic rings. The Bertz CT molecular complexity index is 1230. The van der Waals surface area contributed by atoms with Crippen LogP contribution in [0.2, 0.25) is 0 Å². The predicted molar refractivity (Wildman–Crippen MR) is 118 cm³/mol. The van der Waals surface area contributed by atoms with Gasteiger partial charge in [-0.2, -0.15) is 0 Å². The number of rotatable bonds is 4. The molecule has 1 aromatic heterocycles. The van der Waals surface area contributed by atoms with Crippen LogP contribution in [0.5, 0.6) is 11.5 Å². The van der Waals surface area contributed by atoms with E-state index in [1.807, 2.05) is 6.07 Å². The van der Waals surface area contributed by atoms with Crippen molar-refractivity contribution in [1.29, 1.82) is 0 Å². The lowest BCUT2D eigenvalue weighted by Crippen LogP contribution is -2.51. The molecule has 1 aliphatic heterocycles. The van der Waals surface area contributed by atoms with Gasteiger partial charge in [0.05, 0.1) is 5.56 Å². The molecule has 3 N–H and O–H groups in total. The average Bonchev–Trinajstić information content (AvgIpc) is 3.23. The van der Waals surface area contributed by atoms with E-state index in [1.165, 1.54) is 11.3 Å². The van der Waals surface area contributed by atoms with Crippen LogP contribution in [-0.2, 0) is 27.2 Å². The van der Waals surface area contributed by atoms with Crippen LogP contribution in [0.4, 0.5) is 0 Å². The van der Waals surface area contributed by atoms with E-state index in [0.717, 1.165) is 36.6 Å². The van der Waals surface area contributed by atoms with Crippen molar-refractivity contribution >= 4 is 28.7 Å². The fourth-order valence-electron chi connectivity index (χ4n) is 4.14. The summed E-state index contributed by atoms with van der Waals surface area (Å²) in [7, 11) is 0. The Kier molecular flexibility index (Phi) is 5.60. The van der Waals surface area contributed by atoms with Gasteiger partial charge in [-0.25, -0.2) is 4.79 Å². The number of H-pyrrole nitrogens is 1. The Labute approximate surface area is 189 Å². The van der Waals surface area contributed by atoms with Gasteiger partial charge in [0.25, 0.3) is 11.8 Å². The van der Waals surface area contributed by atoms with Crippen molar-refractivity contribution in [2.75, 3.05) is 13.2 Å². The lowest BCUT2D eigenvalue weighted by Gasteiger charge is -2.25. The first-order valence-corrected chi connectivity index (χ1v) is 10.9. The highest BCUT2D eigenvalue weighted by molar-refractivity contribution is 5.97. The first kappa shape index (κ1) is 20.9. The molecule has 0 saturated carbocycles. The van der Waals surface area contributed by atoms with Gasteiger partial charge in [0.15, 0.2) is 18.1 Å². The van der Waals surface area contributed by atoms with Gasteiger partial charge < -0.3 is 19.2 Å². The van der Waals surface area contributed by atoms with Gasteiger partial charge in [-0.15, -0.1) is 0 Å². The molecular weight excluding hydrogens is 426 g/mol. The molecule has 1 atom stereocenters. The minimum absolute atomic E-state index is 0.0129. The Balaban J connectivity index is 1.12. The number of nitrogens with one attached hydrogen (secondary N) is 3. The van der Waals surface area contributed by atoms with E-state index >= 15 is 0 Å². The number of aromatic amines is 1. The highest BCUT2D eigenvalue weighted by atomic mass is 16.6. The number of hydrazine groups is 1. The van der Waals surface area contributed by atoms with Crippen molar-refractivity contribution in [2.45, 2.75) is 31.8 Å². The maximum Gasteiger partial charge on any atom is 0.338 e. The molecule has 2 heterocycles. The summed E-state index contributed by atoms with van der Waals surface area (Å²) < 4.78 is 16.2. The molecule has 2 aromatic carbocycles. The monoisotopic (exact) mass is 449 g/mol. The second-order valence-corrected chi connectivity index (χ2v) is 8.03. The maximum atomic E-state index is 12.4. The molecule has 0 fully saturated rings. The van der Waals surface area contributed by atoms with E-state index < -0.39 is 30.5 Å². The highest BCUT2D eigenvalue weighted by Gasteiger charge is 2.27. The number of benzene rings is 2. The SMILES string of the molecule is O=C(COC(=O)c1ccc2[nH]c3c(c2c1)CCCC3)NNC(=O)C1COc2ccccc2O1. The van der Waals surface area contributed by atoms with Gasteiger partial charge in [0, 0.05) is 16.6 Å². The van der Waals surface area contributed by atoms with Gasteiger partial charge in [-0.1, -0.05) is 12.1 Å². The van der Waals surface area contributed by atoms with Crippen LogP contribution in [0.15, 0.2) is 42.5 Å². The fraction of sp³-hybridized carbons (Fsp3) is 0.292. The first-order chi connectivity index (χ1) is 16.1. The van der Waals surface area contributed by atoms with E-state index in [1.54, 1.807) is 36.4 Å². The number of fused-ring (bicyclic) bond motifs is 4. The van der Waals surface area contributed by atoms with E-state index in [9.17, 15) is 14.4 Å². The number of aryl methyl sites for hydroxylation is 2. The molecule has 0 spiro atoms. The Hall–Kier alpha value is -4.01. The lowest BCUT2D eigenvalue weighted by molar-refractivity contribution is -0.135. The second-order valence-electron chi connectivity index (χ2n) is 8.03. The summed E-state index contributed by atoms with van der Waals surface area (Å²) in [6, 6.07) is 12.3. The summed E-state index contributed by atoms with van der Waals surface area (Å²) in [6.45, 7) is -0.522. The Morgan fingerprint density at radius 3 is 2.73 bits per heavy atom. The smallest absolute Gasteiger partial charge is 0.338 e. The molecule has 0 bridgehead atoms. The first-order valence-electron chi connectivity index (χ1n) is 10.9. The number of carbonyl (C=O) groups is 3. The standard InChI is InChI=1S/C24H23N3O6/c28-22(26-27-23(29)21-12-31-19-7-3-4-8-20(19)33-21)13-32-24(30)14-9-10-18-16(11-14)15-5-1-2-6-17(15)25-18/h3-4,7-11,21,25H,1-2,5-6,12-13H2,(H,26,28)(H,27,29). The molecule has 33 heavy (non-hydrogen) atoms. The van der Waals surface area contributed by atoms with Crippen LogP contribution in [0.1, 0.15) is 34.5 Å². The van der Waals surface area contributed by atoms with Crippen molar-refractivity contribution < 1.29 is 28.6 Å². The predicted octanol–water partition coefficient (Wildman–Crippen LogP) is 2.19. The molecule has 9 heteroatoms. The number of carbonyl (C=O) groups excluding carboxylic acids is 3. The van der Waals surface area contributed by atoms with Crippen LogP contribution >= 0.6 is 0 Å². The van der Waals surface area contributed by atoms with Gasteiger partial charge in [-0.3, -0.25) is 20.4 Å². The topological polar surface area (TPSA) is 119 Å². The highest BCUT2D eigenvalue weighted by Crippen LogP contribution is 2.31. The van der Waals surface area contributed by atoms with Gasteiger partial charge >= 0.3 is 5.97 Å². The number of amides is 2. The van der Waals surface area contributed by atoms with Gasteiger partial charge in [0.2, 0.25) is 6.10 Å². The molecule has 2 amide bonds. The van der Waals surface area contributed by atoms with Gasteiger partial charge in [0.1, 0.15) is 6.61 Å². The quantitative estimate of drug-likeness (QED) is 0.415. The van der Waals surface area contributed by atoms with E-state index in [4.69, 9.17) is 14.2 Å². The van der Waals surface area contributed by atoms with Crippen LogP contribution in [0.25, 0.3) is 10.9 Å². The minimum atomic E-state index is -0.915. The number of ether oxygens (including phenoxy) is 3. The number of esters is 1. The zero-order chi connectivity index (χ0) is 22.8. The molecule has 9 nitrogen and oxygen atoms in total. The Morgan fingerprint density at radius 1 is 1.03 bits per heavy atom. The van der Waals surface area contributed by atoms with E-state index in [-0.39, 0.29) is 6.61 Å². The minimum Gasteiger partial charge on any atom is -0.485 e. The van der Waals surface area contributed by atoms with Crippen LogP contribution < -0.4 is 20.3 Å². The van der Waals surface area contributed by atoms with E-state index in [2.05, 4.69) is 15.8 Å². The van der Waals surface area contributed by atoms with Crippen molar-refractivity contribution in [3.05, 3.63) is 59.3 Å². The number of para-hydroxylation sites is 2. The third-order valence-electron chi connectivity index (χ3n) is 5.79. The summed E-state index contributed by atoms with van der Waals surface area (Å²) in [6.07, 6.45) is 3.37. The molecular formula is C24H23N3O6. The Morgan fingerprint density at radius 2 is 1.85 bits per heavy atom. The van der Waals surface area contributed by atoms with E-state index in [0.29, 0.717) is 17.1 Å². The van der Waals surface area contributed by atoms with Crippen LogP contribution in [0.3, 0.4) is 0 Å². The number of aromatic nitrogens is 1. The van der Waals surface area contributed by atoms with Crippen molar-refractivity contribution in [3.8, 4) is 11.5 Å². The molecule has 2 aliphatic rings. The third-order valence-corrected chi connectivity index (χ3v) is 5.79. The fourth-order valence-corrected chi connectivity index (χ4v) is 4.14. The maximum absolute atomic E-state index is 12.4. The number of hydrogen-bond donors (Lipinski definition) is 3. The second kappa shape index (κ2) is 8.85. The molecule has 5 rings (SSSR count). The van der Waals surface area contributed by atoms with Crippen molar-refractivity contribution in [3.63, 3.8) is 0 Å². The van der Waals surface area contributed by atoms with Crippen molar-refractivity contribution in [2.24, 2.45) is 0 Å². The molecule has 0 radical (unpaired) electrons. The summed E-state index contributed by atoms with van der Waals surface area (Å²) in [5.41, 5.74) is 8.33. The van der Waals surface area contributed by atoms with Crippen LogP contribution in [-0.4, -0.2) is 42.1 Å². The number of hydrogen-bond acceptors (Lipinski definition) is 6. The molecule has 170 valence electrons. The summed E-state index contributed by atoms with van der Waals surface area (Å²) >= 11 is 0. The molecule has 0 saturated heterocycles. The summed E-state index contributed by atoms with van der Waals surface area (Å²) in [4.78, 5) is 40.2. The summed E-state index contributed by atoms with van der Waals surface area (Å²) in [5, 5.41) is 1.02. The third kappa shape index (κ3) is 4.34. The normalized spacial score (nSPS) is 16.5. The van der Waals surface area contributed by atoms with Crippen molar-refractivity contribution in [1.82, 2.24) is 15.8 Å².